The molecule has 0 bridgehead atoms. The summed E-state index contributed by atoms with van der Waals surface area (Å²) in [6.07, 6.45) is 0.219. The van der Waals surface area contributed by atoms with Crippen molar-refractivity contribution in [3.63, 3.8) is 0 Å². The molecule has 0 saturated carbocycles. The molecule has 2 aromatic carbocycles. The molecule has 1 amide bonds. The molecule has 6 heteroatoms. The molecule has 25 heavy (non-hydrogen) atoms. The number of benzene rings is 2. The number of hydrogen-bond acceptors (Lipinski definition) is 4. The predicted molar refractivity (Wildman–Crippen MR) is 94.9 cm³/mol. The Morgan fingerprint density at radius 1 is 1.04 bits per heavy atom. The van der Waals surface area contributed by atoms with Gasteiger partial charge in [0.25, 0.3) is 0 Å². The summed E-state index contributed by atoms with van der Waals surface area (Å²) in [5.74, 6) is -0.878. The molecular formula is C19H18N2O4. The Morgan fingerprint density at radius 2 is 1.84 bits per heavy atom. The van der Waals surface area contributed by atoms with E-state index in [1.807, 2.05) is 26.0 Å². The number of nitrogens with one attached hydrogen (secondary N) is 2. The van der Waals surface area contributed by atoms with E-state index in [4.69, 9.17) is 4.42 Å². The normalized spacial score (nSPS) is 10.8. The first-order valence-electron chi connectivity index (χ1n) is 7.95. The Kier molecular flexibility index (Phi) is 4.52. The van der Waals surface area contributed by atoms with Gasteiger partial charge in [-0.25, -0.2) is 4.79 Å². The van der Waals surface area contributed by atoms with Gasteiger partial charge in [0.2, 0.25) is 5.91 Å². The maximum Gasteiger partial charge on any atom is 0.417 e. The van der Waals surface area contributed by atoms with E-state index in [1.165, 1.54) is 0 Å². The number of anilines is 1. The highest BCUT2D eigenvalue weighted by Crippen LogP contribution is 2.17. The molecule has 0 unspecified atom stereocenters. The number of aromatic nitrogens is 1. The van der Waals surface area contributed by atoms with Gasteiger partial charge in [0, 0.05) is 30.2 Å². The second-order valence-electron chi connectivity index (χ2n) is 6.00. The number of carbonyl (C=O) groups is 2. The maximum atomic E-state index is 12.2. The molecule has 0 aliphatic carbocycles. The lowest BCUT2D eigenvalue weighted by atomic mass is 10.0. The van der Waals surface area contributed by atoms with E-state index in [0.29, 0.717) is 22.4 Å². The number of oxazole rings is 1. The topological polar surface area (TPSA) is 92.2 Å². The van der Waals surface area contributed by atoms with Crippen molar-refractivity contribution in [1.82, 2.24) is 4.98 Å². The van der Waals surface area contributed by atoms with Crippen LogP contribution in [0.2, 0.25) is 0 Å². The second kappa shape index (κ2) is 6.76. The first-order chi connectivity index (χ1) is 11.9. The lowest BCUT2D eigenvalue weighted by molar-refractivity contribution is -0.116. The monoisotopic (exact) mass is 338 g/mol. The number of rotatable bonds is 5. The van der Waals surface area contributed by atoms with Gasteiger partial charge in [-0.15, -0.1) is 0 Å². The van der Waals surface area contributed by atoms with Gasteiger partial charge in [0.05, 0.1) is 5.52 Å². The number of ketones is 1. The van der Waals surface area contributed by atoms with Crippen LogP contribution in [-0.4, -0.2) is 16.7 Å². The summed E-state index contributed by atoms with van der Waals surface area (Å²) >= 11 is 0. The van der Waals surface area contributed by atoms with Crippen LogP contribution >= 0.6 is 0 Å². The van der Waals surface area contributed by atoms with E-state index in [2.05, 4.69) is 10.3 Å². The van der Waals surface area contributed by atoms with Crippen LogP contribution in [0.5, 0.6) is 0 Å². The van der Waals surface area contributed by atoms with Crippen LogP contribution in [0.25, 0.3) is 11.1 Å². The standard InChI is InChI=1S/C19H18N2O4/c1-11-3-4-13(9-12(11)2)16(22)7-8-18(23)20-14-5-6-15-17(10-14)25-19(24)21-15/h3-6,9-10H,7-8H2,1-2H3,(H,20,23)(H,21,24). The minimum Gasteiger partial charge on any atom is -0.408 e. The first kappa shape index (κ1) is 16.7. The minimum absolute atomic E-state index is 0.0645. The zero-order chi connectivity index (χ0) is 18.0. The number of aryl methyl sites for hydroxylation is 2. The summed E-state index contributed by atoms with van der Waals surface area (Å²) in [4.78, 5) is 37.9. The molecule has 6 nitrogen and oxygen atoms in total. The van der Waals surface area contributed by atoms with Crippen molar-refractivity contribution >= 4 is 28.5 Å². The van der Waals surface area contributed by atoms with Gasteiger partial charge < -0.3 is 9.73 Å². The third-order valence-electron chi connectivity index (χ3n) is 4.11. The smallest absolute Gasteiger partial charge is 0.408 e. The number of H-pyrrole nitrogens is 1. The molecule has 0 fully saturated rings. The van der Waals surface area contributed by atoms with Crippen LogP contribution in [-0.2, 0) is 4.79 Å². The van der Waals surface area contributed by atoms with Crippen LogP contribution in [0.3, 0.4) is 0 Å². The largest absolute Gasteiger partial charge is 0.417 e. The third kappa shape index (κ3) is 3.85. The van der Waals surface area contributed by atoms with Crippen LogP contribution < -0.4 is 11.1 Å². The van der Waals surface area contributed by atoms with E-state index < -0.39 is 5.76 Å². The molecule has 1 heterocycles. The zero-order valence-corrected chi connectivity index (χ0v) is 14.0. The van der Waals surface area contributed by atoms with Crippen molar-refractivity contribution in [2.75, 3.05) is 5.32 Å². The summed E-state index contributed by atoms with van der Waals surface area (Å²) in [5, 5.41) is 2.70. The van der Waals surface area contributed by atoms with Crippen LogP contribution in [0.1, 0.15) is 34.3 Å². The summed E-state index contributed by atoms with van der Waals surface area (Å²) in [7, 11) is 0. The van der Waals surface area contributed by atoms with Crippen molar-refractivity contribution in [1.29, 1.82) is 0 Å². The van der Waals surface area contributed by atoms with Gasteiger partial charge in [0.1, 0.15) is 0 Å². The molecule has 128 valence electrons. The molecule has 0 atom stereocenters. The number of Topliss-reactive ketones (excluding diaryl/α,β-unsaturated/α-hetero) is 1. The molecule has 2 N–H and O–H groups in total. The highest BCUT2D eigenvalue weighted by molar-refractivity contribution is 6.00. The Balaban J connectivity index is 1.60. The number of fused-ring (bicyclic) bond motifs is 1. The summed E-state index contributed by atoms with van der Waals surface area (Å²) in [6.45, 7) is 3.94. The van der Waals surface area contributed by atoms with Gasteiger partial charge in [-0.3, -0.25) is 14.6 Å². The summed E-state index contributed by atoms with van der Waals surface area (Å²) < 4.78 is 4.95. The molecule has 0 aliphatic rings. The molecule has 1 aromatic heterocycles. The van der Waals surface area contributed by atoms with Gasteiger partial charge in [0.15, 0.2) is 11.4 Å². The highest BCUT2D eigenvalue weighted by atomic mass is 16.4. The molecule has 0 aliphatic heterocycles. The molecule has 0 radical (unpaired) electrons. The number of aromatic amines is 1. The summed E-state index contributed by atoms with van der Waals surface area (Å²) in [6, 6.07) is 10.4. The van der Waals surface area contributed by atoms with E-state index >= 15 is 0 Å². The number of carbonyl (C=O) groups excluding carboxylic acids is 2. The molecule has 3 aromatic rings. The average molecular weight is 338 g/mol. The molecule has 3 rings (SSSR count). The van der Waals surface area contributed by atoms with Crippen molar-refractivity contribution in [2.45, 2.75) is 26.7 Å². The highest BCUT2D eigenvalue weighted by Gasteiger charge is 2.11. The summed E-state index contributed by atoms with van der Waals surface area (Å²) in [5.41, 5.74) is 4.24. The Labute approximate surface area is 143 Å². The fourth-order valence-electron chi connectivity index (χ4n) is 2.53. The second-order valence-corrected chi connectivity index (χ2v) is 6.00. The van der Waals surface area contributed by atoms with Gasteiger partial charge in [-0.2, -0.15) is 0 Å². The van der Waals surface area contributed by atoms with E-state index in [9.17, 15) is 14.4 Å². The van der Waals surface area contributed by atoms with Gasteiger partial charge >= 0.3 is 5.76 Å². The van der Waals surface area contributed by atoms with Gasteiger partial charge in [-0.05, 0) is 43.2 Å². The van der Waals surface area contributed by atoms with E-state index in [1.54, 1.807) is 24.3 Å². The van der Waals surface area contributed by atoms with Crippen LogP contribution in [0.15, 0.2) is 45.6 Å². The fraction of sp³-hybridized carbons (Fsp3) is 0.211. The fourth-order valence-corrected chi connectivity index (χ4v) is 2.53. The lowest BCUT2D eigenvalue weighted by Crippen LogP contribution is -2.13. The van der Waals surface area contributed by atoms with Crippen LogP contribution in [0, 0.1) is 13.8 Å². The van der Waals surface area contributed by atoms with Crippen LogP contribution in [0.4, 0.5) is 5.69 Å². The first-order valence-corrected chi connectivity index (χ1v) is 7.95. The van der Waals surface area contributed by atoms with Gasteiger partial charge in [-0.1, -0.05) is 12.1 Å². The SMILES string of the molecule is Cc1ccc(C(=O)CCC(=O)Nc2ccc3[nH]c(=O)oc3c2)cc1C. The van der Waals surface area contributed by atoms with Crippen molar-refractivity contribution in [3.8, 4) is 0 Å². The Bertz CT molecular complexity index is 1010. The van der Waals surface area contributed by atoms with Crippen molar-refractivity contribution in [3.05, 3.63) is 63.6 Å². The molecule has 0 saturated heterocycles. The number of amides is 1. The maximum absolute atomic E-state index is 12.2. The quantitative estimate of drug-likeness (QED) is 0.698. The zero-order valence-electron chi connectivity index (χ0n) is 14.0. The molecular weight excluding hydrogens is 320 g/mol. The minimum atomic E-state index is -0.544. The van der Waals surface area contributed by atoms with E-state index in [-0.39, 0.29) is 24.5 Å². The average Bonchev–Trinajstić information content (AvgIpc) is 2.94. The molecule has 0 spiro atoms. The predicted octanol–water partition coefficient (Wildman–Crippen LogP) is 3.34. The van der Waals surface area contributed by atoms with Crippen molar-refractivity contribution in [2.24, 2.45) is 0 Å². The third-order valence-corrected chi connectivity index (χ3v) is 4.11. The Morgan fingerprint density at radius 3 is 2.60 bits per heavy atom. The van der Waals surface area contributed by atoms with E-state index in [0.717, 1.165) is 11.1 Å². The lowest BCUT2D eigenvalue weighted by Gasteiger charge is -2.06. The Hall–Kier alpha value is -3.15. The number of hydrogen-bond donors (Lipinski definition) is 2. The van der Waals surface area contributed by atoms with Crippen molar-refractivity contribution < 1.29 is 14.0 Å².